The van der Waals surface area contributed by atoms with Crippen LogP contribution in [0, 0.1) is 6.92 Å². The molecule has 0 spiro atoms. The Labute approximate surface area is 117 Å². The molecular formula is C14H18N4O2. The molecule has 1 heterocycles. The van der Waals surface area contributed by atoms with Crippen LogP contribution in [0.1, 0.15) is 28.5 Å². The number of aromatic amines is 1. The van der Waals surface area contributed by atoms with Gasteiger partial charge in [-0.1, -0.05) is 6.07 Å². The summed E-state index contributed by atoms with van der Waals surface area (Å²) in [6.45, 7) is 4.63. The predicted octanol–water partition coefficient (Wildman–Crippen LogP) is 1.63. The van der Waals surface area contributed by atoms with Crippen LogP contribution in [0.2, 0.25) is 0 Å². The minimum atomic E-state index is -0.257. The van der Waals surface area contributed by atoms with E-state index in [4.69, 9.17) is 10.5 Å². The highest BCUT2D eigenvalue weighted by Gasteiger charge is 2.16. The first-order valence-corrected chi connectivity index (χ1v) is 6.41. The SMILES string of the molecule is CCOc1cccc(N)c1C(=O)NCc1cn[nH]c1C. The first kappa shape index (κ1) is 13.9. The number of H-pyrrole nitrogens is 1. The van der Waals surface area contributed by atoms with Crippen LogP contribution >= 0.6 is 0 Å². The van der Waals surface area contributed by atoms with Crippen molar-refractivity contribution in [3.63, 3.8) is 0 Å². The fourth-order valence-corrected chi connectivity index (χ4v) is 1.88. The van der Waals surface area contributed by atoms with Crippen LogP contribution in [-0.4, -0.2) is 22.7 Å². The van der Waals surface area contributed by atoms with E-state index in [9.17, 15) is 4.79 Å². The van der Waals surface area contributed by atoms with E-state index in [2.05, 4.69) is 15.5 Å². The second kappa shape index (κ2) is 6.10. The van der Waals surface area contributed by atoms with Gasteiger partial charge in [-0.2, -0.15) is 5.10 Å². The highest BCUT2D eigenvalue weighted by atomic mass is 16.5. The van der Waals surface area contributed by atoms with Gasteiger partial charge in [-0.25, -0.2) is 0 Å². The van der Waals surface area contributed by atoms with Gasteiger partial charge in [-0.15, -0.1) is 0 Å². The van der Waals surface area contributed by atoms with E-state index in [1.54, 1.807) is 24.4 Å². The summed E-state index contributed by atoms with van der Waals surface area (Å²) in [6, 6.07) is 5.18. The predicted molar refractivity (Wildman–Crippen MR) is 76.5 cm³/mol. The zero-order valence-electron chi connectivity index (χ0n) is 11.6. The van der Waals surface area contributed by atoms with Gasteiger partial charge < -0.3 is 15.8 Å². The Bertz CT molecular complexity index is 607. The molecule has 0 bridgehead atoms. The first-order chi connectivity index (χ1) is 9.63. The topological polar surface area (TPSA) is 93.0 Å². The Morgan fingerprint density at radius 1 is 1.50 bits per heavy atom. The lowest BCUT2D eigenvalue weighted by molar-refractivity contribution is 0.0948. The first-order valence-electron chi connectivity index (χ1n) is 6.41. The quantitative estimate of drug-likeness (QED) is 0.722. The van der Waals surface area contributed by atoms with E-state index in [0.29, 0.717) is 30.2 Å². The van der Waals surface area contributed by atoms with E-state index in [1.165, 1.54) is 0 Å². The van der Waals surface area contributed by atoms with E-state index in [0.717, 1.165) is 11.3 Å². The number of aryl methyl sites for hydroxylation is 1. The third kappa shape index (κ3) is 2.90. The van der Waals surface area contributed by atoms with Gasteiger partial charge in [0.1, 0.15) is 11.3 Å². The Morgan fingerprint density at radius 3 is 2.95 bits per heavy atom. The monoisotopic (exact) mass is 274 g/mol. The lowest BCUT2D eigenvalue weighted by atomic mass is 10.1. The van der Waals surface area contributed by atoms with E-state index in [1.807, 2.05) is 13.8 Å². The largest absolute Gasteiger partial charge is 0.493 e. The average Bonchev–Trinajstić information content (AvgIpc) is 2.82. The molecule has 1 amide bonds. The van der Waals surface area contributed by atoms with Crippen molar-refractivity contribution in [2.24, 2.45) is 0 Å². The zero-order chi connectivity index (χ0) is 14.5. The van der Waals surface area contributed by atoms with Crippen molar-refractivity contribution in [1.29, 1.82) is 0 Å². The molecule has 106 valence electrons. The number of hydrogen-bond acceptors (Lipinski definition) is 4. The number of rotatable bonds is 5. The molecule has 2 aromatic rings. The summed E-state index contributed by atoms with van der Waals surface area (Å²) in [5.74, 6) is 0.237. The molecule has 0 fully saturated rings. The summed E-state index contributed by atoms with van der Waals surface area (Å²) in [5, 5.41) is 9.56. The third-order valence-electron chi connectivity index (χ3n) is 2.96. The third-order valence-corrected chi connectivity index (χ3v) is 2.96. The van der Waals surface area contributed by atoms with Gasteiger partial charge in [-0.3, -0.25) is 9.89 Å². The lowest BCUT2D eigenvalue weighted by Gasteiger charge is -2.12. The number of carbonyl (C=O) groups is 1. The molecule has 0 radical (unpaired) electrons. The van der Waals surface area contributed by atoms with Gasteiger partial charge >= 0.3 is 0 Å². The molecule has 2 rings (SSSR count). The van der Waals surface area contributed by atoms with Crippen LogP contribution in [0.25, 0.3) is 0 Å². The van der Waals surface area contributed by atoms with Crippen molar-refractivity contribution in [3.05, 3.63) is 41.2 Å². The Kier molecular flexibility index (Phi) is 4.24. The number of amides is 1. The van der Waals surface area contributed by atoms with Gasteiger partial charge in [0, 0.05) is 23.5 Å². The summed E-state index contributed by atoms with van der Waals surface area (Å²) in [5.41, 5.74) is 8.51. The van der Waals surface area contributed by atoms with Crippen LogP contribution < -0.4 is 15.8 Å². The van der Waals surface area contributed by atoms with Gasteiger partial charge in [0.25, 0.3) is 5.91 Å². The Hall–Kier alpha value is -2.50. The molecule has 1 aromatic carbocycles. The fourth-order valence-electron chi connectivity index (χ4n) is 1.88. The normalized spacial score (nSPS) is 10.3. The van der Waals surface area contributed by atoms with Crippen molar-refractivity contribution in [2.75, 3.05) is 12.3 Å². The zero-order valence-corrected chi connectivity index (χ0v) is 11.6. The average molecular weight is 274 g/mol. The number of nitrogens with one attached hydrogen (secondary N) is 2. The molecule has 6 heteroatoms. The number of nitrogens with two attached hydrogens (primary N) is 1. The number of hydrogen-bond donors (Lipinski definition) is 3. The Morgan fingerprint density at radius 2 is 2.30 bits per heavy atom. The van der Waals surface area contributed by atoms with Gasteiger partial charge in [0.2, 0.25) is 0 Å². The second-order valence-electron chi connectivity index (χ2n) is 4.36. The number of ether oxygens (including phenoxy) is 1. The second-order valence-corrected chi connectivity index (χ2v) is 4.36. The van der Waals surface area contributed by atoms with Crippen molar-refractivity contribution < 1.29 is 9.53 Å². The number of nitrogen functional groups attached to an aromatic ring is 1. The van der Waals surface area contributed by atoms with Crippen molar-refractivity contribution in [2.45, 2.75) is 20.4 Å². The molecule has 0 atom stereocenters. The summed E-state index contributed by atoms with van der Waals surface area (Å²) < 4.78 is 5.44. The maximum Gasteiger partial charge on any atom is 0.257 e. The molecular weight excluding hydrogens is 256 g/mol. The fraction of sp³-hybridized carbons (Fsp3) is 0.286. The summed E-state index contributed by atoms with van der Waals surface area (Å²) >= 11 is 0. The minimum Gasteiger partial charge on any atom is -0.493 e. The lowest BCUT2D eigenvalue weighted by Crippen LogP contribution is -2.24. The van der Waals surface area contributed by atoms with Crippen LogP contribution in [-0.2, 0) is 6.54 Å². The molecule has 0 aliphatic rings. The highest BCUT2D eigenvalue weighted by Crippen LogP contribution is 2.24. The smallest absolute Gasteiger partial charge is 0.257 e. The molecule has 20 heavy (non-hydrogen) atoms. The standard InChI is InChI=1S/C14H18N4O2/c1-3-20-12-6-4-5-11(15)13(12)14(19)16-7-10-8-17-18-9(10)2/h4-6,8H,3,7,15H2,1-2H3,(H,16,19)(H,17,18). The molecule has 6 nitrogen and oxygen atoms in total. The van der Waals surface area contributed by atoms with Crippen LogP contribution in [0.3, 0.4) is 0 Å². The van der Waals surface area contributed by atoms with Gasteiger partial charge in [0.05, 0.1) is 12.8 Å². The van der Waals surface area contributed by atoms with Crippen LogP contribution in [0.4, 0.5) is 5.69 Å². The molecule has 1 aromatic heterocycles. The maximum atomic E-state index is 12.3. The highest BCUT2D eigenvalue weighted by molar-refractivity contribution is 6.01. The van der Waals surface area contributed by atoms with Crippen molar-refractivity contribution >= 4 is 11.6 Å². The number of anilines is 1. The molecule has 0 saturated heterocycles. The summed E-state index contributed by atoms with van der Waals surface area (Å²) in [4.78, 5) is 12.3. The van der Waals surface area contributed by atoms with Gasteiger partial charge in [-0.05, 0) is 26.0 Å². The minimum absolute atomic E-state index is 0.257. The van der Waals surface area contributed by atoms with Crippen molar-refractivity contribution in [3.8, 4) is 5.75 Å². The molecule has 0 aliphatic heterocycles. The van der Waals surface area contributed by atoms with Gasteiger partial charge in [0.15, 0.2) is 0 Å². The molecule has 0 aliphatic carbocycles. The van der Waals surface area contributed by atoms with Crippen LogP contribution in [0.5, 0.6) is 5.75 Å². The Balaban J connectivity index is 2.15. The number of nitrogens with zero attached hydrogens (tertiary/aromatic N) is 1. The summed E-state index contributed by atoms with van der Waals surface area (Å²) in [7, 11) is 0. The molecule has 0 unspecified atom stereocenters. The maximum absolute atomic E-state index is 12.3. The number of aromatic nitrogens is 2. The van der Waals surface area contributed by atoms with Crippen LogP contribution in [0.15, 0.2) is 24.4 Å². The summed E-state index contributed by atoms with van der Waals surface area (Å²) in [6.07, 6.45) is 1.69. The van der Waals surface area contributed by atoms with E-state index >= 15 is 0 Å². The van der Waals surface area contributed by atoms with E-state index < -0.39 is 0 Å². The molecule has 0 saturated carbocycles. The molecule has 4 N–H and O–H groups in total. The number of benzene rings is 1. The van der Waals surface area contributed by atoms with E-state index in [-0.39, 0.29) is 5.91 Å². The number of carbonyl (C=O) groups excluding carboxylic acids is 1. The van der Waals surface area contributed by atoms with Crippen molar-refractivity contribution in [1.82, 2.24) is 15.5 Å².